The van der Waals surface area contributed by atoms with Gasteiger partial charge >= 0.3 is 0 Å². The molecule has 0 bridgehead atoms. The van der Waals surface area contributed by atoms with Crippen LogP contribution in [0.3, 0.4) is 0 Å². The van der Waals surface area contributed by atoms with Crippen LogP contribution in [0.4, 0.5) is 16.0 Å². The van der Waals surface area contributed by atoms with Crippen molar-refractivity contribution in [1.82, 2.24) is 15.0 Å². The number of anilines is 2. The van der Waals surface area contributed by atoms with Gasteiger partial charge < -0.3 is 5.32 Å². The van der Waals surface area contributed by atoms with Gasteiger partial charge in [-0.1, -0.05) is 18.2 Å². The number of benzene rings is 2. The number of fused-ring (bicyclic) bond motifs is 1. The Morgan fingerprint density at radius 3 is 2.14 bits per heavy atom. The molecule has 4 rings (SSSR count). The molecule has 4 aromatic rings. The molecule has 29 heavy (non-hydrogen) atoms. The normalized spacial score (nSPS) is 11.3. The Morgan fingerprint density at radius 2 is 1.48 bits per heavy atom. The van der Waals surface area contributed by atoms with Crippen molar-refractivity contribution in [2.24, 2.45) is 0 Å². The van der Waals surface area contributed by atoms with Gasteiger partial charge in [-0.05, 0) is 48.5 Å². The molecule has 2 aromatic heterocycles. The van der Waals surface area contributed by atoms with E-state index in [0.29, 0.717) is 17.6 Å². The lowest BCUT2D eigenvalue weighted by Crippen LogP contribution is -2.17. The van der Waals surface area contributed by atoms with Gasteiger partial charge in [-0.25, -0.2) is 22.8 Å². The van der Waals surface area contributed by atoms with E-state index in [2.05, 4.69) is 25.0 Å². The van der Waals surface area contributed by atoms with E-state index in [-0.39, 0.29) is 16.5 Å². The minimum atomic E-state index is -3.98. The Labute approximate surface area is 166 Å². The second-order valence-corrected chi connectivity index (χ2v) is 7.83. The molecule has 0 aliphatic carbocycles. The van der Waals surface area contributed by atoms with Crippen LogP contribution < -0.4 is 10.0 Å². The number of rotatable bonds is 6. The zero-order valence-corrected chi connectivity index (χ0v) is 15.9. The summed E-state index contributed by atoms with van der Waals surface area (Å²) in [5.74, 6) is -0.212. The molecule has 0 unspecified atom stereocenters. The maximum atomic E-state index is 13.1. The van der Waals surface area contributed by atoms with Crippen LogP contribution in [-0.2, 0) is 16.6 Å². The highest BCUT2D eigenvalue weighted by molar-refractivity contribution is 7.92. The van der Waals surface area contributed by atoms with Crippen molar-refractivity contribution >= 4 is 32.7 Å². The molecule has 0 fully saturated rings. The van der Waals surface area contributed by atoms with Crippen LogP contribution in [0.2, 0.25) is 0 Å². The van der Waals surface area contributed by atoms with E-state index in [1.165, 1.54) is 12.1 Å². The van der Waals surface area contributed by atoms with Crippen molar-refractivity contribution < 1.29 is 12.8 Å². The summed E-state index contributed by atoms with van der Waals surface area (Å²) >= 11 is 0. The third-order valence-electron chi connectivity index (χ3n) is 4.09. The zero-order chi connectivity index (χ0) is 20.3. The van der Waals surface area contributed by atoms with Crippen LogP contribution in [-0.4, -0.2) is 23.4 Å². The predicted molar refractivity (Wildman–Crippen MR) is 108 cm³/mol. The number of nitrogens with one attached hydrogen (secondary N) is 2. The number of pyridine rings is 1. The van der Waals surface area contributed by atoms with Gasteiger partial charge in [0.05, 0.1) is 28.2 Å². The fourth-order valence-corrected chi connectivity index (χ4v) is 3.68. The molecule has 2 heterocycles. The summed E-state index contributed by atoms with van der Waals surface area (Å²) in [5, 5.41) is 3.08. The Kier molecular flexibility index (Phi) is 5.05. The maximum Gasteiger partial charge on any atom is 0.263 e. The van der Waals surface area contributed by atoms with Gasteiger partial charge in [0.2, 0.25) is 0 Å². The van der Waals surface area contributed by atoms with E-state index >= 15 is 0 Å². The third-order valence-corrected chi connectivity index (χ3v) is 5.44. The Bertz CT molecular complexity index is 1250. The molecule has 0 atom stereocenters. The minimum Gasteiger partial charge on any atom is -0.361 e. The summed E-state index contributed by atoms with van der Waals surface area (Å²) in [7, 11) is -3.98. The Hall–Kier alpha value is -3.59. The Morgan fingerprint density at radius 1 is 0.828 bits per heavy atom. The van der Waals surface area contributed by atoms with Crippen LogP contribution in [0.25, 0.3) is 11.0 Å². The van der Waals surface area contributed by atoms with Gasteiger partial charge in [0.1, 0.15) is 5.82 Å². The molecule has 0 aliphatic rings. The van der Waals surface area contributed by atoms with E-state index in [0.717, 1.165) is 17.8 Å². The molecule has 146 valence electrons. The molecular weight excluding hydrogens is 393 g/mol. The number of aromatic nitrogens is 3. The Balaban J connectivity index is 1.70. The molecule has 0 saturated heterocycles. The van der Waals surface area contributed by atoms with Gasteiger partial charge in [0, 0.05) is 6.20 Å². The van der Waals surface area contributed by atoms with Crippen LogP contribution in [0.1, 0.15) is 5.69 Å². The van der Waals surface area contributed by atoms with E-state index < -0.39 is 15.8 Å². The zero-order valence-electron chi connectivity index (χ0n) is 15.1. The van der Waals surface area contributed by atoms with Crippen molar-refractivity contribution in [3.63, 3.8) is 0 Å². The highest BCUT2D eigenvalue weighted by atomic mass is 32.2. The fraction of sp³-hybridized carbons (Fsp3) is 0.0500. The first-order valence-corrected chi connectivity index (χ1v) is 10.2. The van der Waals surface area contributed by atoms with Crippen LogP contribution >= 0.6 is 0 Å². The number of hydrogen-bond donors (Lipinski definition) is 2. The summed E-state index contributed by atoms with van der Waals surface area (Å²) in [6.07, 6.45) is 1.67. The molecule has 0 aliphatic heterocycles. The summed E-state index contributed by atoms with van der Waals surface area (Å²) in [6.45, 7) is 0.332. The highest BCUT2D eigenvalue weighted by Gasteiger charge is 2.19. The SMILES string of the molecule is O=S(=O)(Nc1nc2ccccc2nc1NCc1ccccn1)c1ccc(F)cc1. The molecule has 2 N–H and O–H groups in total. The minimum absolute atomic E-state index is 0.0453. The van der Waals surface area contributed by atoms with Crippen molar-refractivity contribution in [1.29, 1.82) is 0 Å². The lowest BCUT2D eigenvalue weighted by atomic mass is 10.3. The number of sulfonamides is 1. The quantitative estimate of drug-likeness (QED) is 0.505. The second kappa shape index (κ2) is 7.80. The highest BCUT2D eigenvalue weighted by Crippen LogP contribution is 2.24. The van der Waals surface area contributed by atoms with Gasteiger partial charge in [-0.3, -0.25) is 9.71 Å². The van der Waals surface area contributed by atoms with Crippen molar-refractivity contribution in [3.8, 4) is 0 Å². The predicted octanol–water partition coefficient (Wildman–Crippen LogP) is 3.58. The molecule has 0 radical (unpaired) electrons. The molecule has 0 spiro atoms. The summed E-state index contributed by atoms with van der Waals surface area (Å²) in [4.78, 5) is 13.1. The molecule has 0 saturated carbocycles. The first-order valence-electron chi connectivity index (χ1n) is 8.70. The number of nitrogens with zero attached hydrogens (tertiary/aromatic N) is 3. The van der Waals surface area contributed by atoms with Gasteiger partial charge in [0.25, 0.3) is 10.0 Å². The standard InChI is InChI=1S/C20H16FN5O2S/c21-14-8-10-16(11-9-14)29(27,28)26-20-19(23-13-15-5-3-4-12-22-15)24-17-6-1-2-7-18(17)25-20/h1-12H,13H2,(H,23,24)(H,25,26). The summed E-state index contributed by atoms with van der Waals surface area (Å²) in [5.41, 5.74) is 1.91. The molecule has 9 heteroatoms. The van der Waals surface area contributed by atoms with Crippen LogP contribution in [0.5, 0.6) is 0 Å². The number of hydrogen-bond acceptors (Lipinski definition) is 6. The van der Waals surface area contributed by atoms with Gasteiger partial charge in [-0.15, -0.1) is 0 Å². The number of halogens is 1. The fourth-order valence-electron chi connectivity index (χ4n) is 2.67. The van der Waals surface area contributed by atoms with Crippen molar-refractivity contribution in [2.75, 3.05) is 10.0 Å². The van der Waals surface area contributed by atoms with Crippen LogP contribution in [0.15, 0.2) is 77.8 Å². The van der Waals surface area contributed by atoms with E-state index in [1.807, 2.05) is 24.3 Å². The molecule has 2 aromatic carbocycles. The van der Waals surface area contributed by atoms with E-state index in [4.69, 9.17) is 0 Å². The first kappa shape index (κ1) is 18.8. The van der Waals surface area contributed by atoms with Crippen LogP contribution in [0, 0.1) is 5.82 Å². The van der Waals surface area contributed by atoms with E-state index in [9.17, 15) is 12.8 Å². The lowest BCUT2D eigenvalue weighted by molar-refractivity contribution is 0.599. The average molecular weight is 409 g/mol. The topological polar surface area (TPSA) is 96.9 Å². The largest absolute Gasteiger partial charge is 0.361 e. The lowest BCUT2D eigenvalue weighted by Gasteiger charge is -2.13. The first-order chi connectivity index (χ1) is 14.0. The summed E-state index contributed by atoms with van der Waals surface area (Å²) in [6, 6.07) is 17.2. The summed E-state index contributed by atoms with van der Waals surface area (Å²) < 4.78 is 41.1. The van der Waals surface area contributed by atoms with Crippen molar-refractivity contribution in [3.05, 3.63) is 84.4 Å². The third kappa shape index (κ3) is 4.30. The monoisotopic (exact) mass is 409 g/mol. The van der Waals surface area contributed by atoms with Gasteiger partial charge in [0.15, 0.2) is 11.6 Å². The average Bonchev–Trinajstić information content (AvgIpc) is 2.73. The van der Waals surface area contributed by atoms with Crippen molar-refractivity contribution in [2.45, 2.75) is 11.4 Å². The number of para-hydroxylation sites is 2. The molecule has 7 nitrogen and oxygen atoms in total. The van der Waals surface area contributed by atoms with E-state index in [1.54, 1.807) is 24.4 Å². The smallest absolute Gasteiger partial charge is 0.263 e. The second-order valence-electron chi connectivity index (χ2n) is 6.14. The maximum absolute atomic E-state index is 13.1. The van der Waals surface area contributed by atoms with Gasteiger partial charge in [-0.2, -0.15) is 0 Å². The molecular formula is C20H16FN5O2S. The molecule has 0 amide bonds.